The molecule has 0 atom stereocenters. The zero-order valence-electron chi connectivity index (χ0n) is 12.3. The molecular weight excluding hydrogens is 503 g/mol. The first kappa shape index (κ1) is 17.5. The predicted octanol–water partition coefficient (Wildman–Crippen LogP) is 4.56. The maximum atomic E-state index is 11.6. The van der Waals surface area contributed by atoms with Gasteiger partial charge in [-0.1, -0.05) is 18.2 Å². The number of amides is 1. The number of nitrogens with zero attached hydrogens (tertiary/aromatic N) is 1. The minimum absolute atomic E-state index is 0.280. The van der Waals surface area contributed by atoms with Gasteiger partial charge in [-0.2, -0.15) is 4.99 Å². The minimum Gasteiger partial charge on any atom is -0.488 e. The van der Waals surface area contributed by atoms with Crippen LogP contribution in [0.2, 0.25) is 0 Å². The van der Waals surface area contributed by atoms with Crippen molar-refractivity contribution < 1.29 is 9.53 Å². The first-order chi connectivity index (χ1) is 11.5. The van der Waals surface area contributed by atoms with Crippen molar-refractivity contribution in [2.24, 2.45) is 10.7 Å². The van der Waals surface area contributed by atoms with Crippen LogP contribution >= 0.6 is 50.3 Å². The third kappa shape index (κ3) is 4.40. The first-order valence-electron chi connectivity index (χ1n) is 6.96. The maximum absolute atomic E-state index is 11.6. The first-order valence-corrected chi connectivity index (χ1v) is 9.65. The summed E-state index contributed by atoms with van der Waals surface area (Å²) in [5.41, 5.74) is 7.53. The van der Waals surface area contributed by atoms with Gasteiger partial charge in [0, 0.05) is 3.57 Å². The maximum Gasteiger partial charge on any atom is 0.286 e. The summed E-state index contributed by atoms with van der Waals surface area (Å²) in [4.78, 5) is 15.8. The molecular formula is C17H12BrIN2O2S. The third-order valence-corrected chi connectivity index (χ3v) is 5.35. The molecule has 24 heavy (non-hydrogen) atoms. The number of amidine groups is 1. The van der Waals surface area contributed by atoms with Crippen molar-refractivity contribution in [1.29, 1.82) is 0 Å². The van der Waals surface area contributed by atoms with Gasteiger partial charge in [-0.25, -0.2) is 0 Å². The summed E-state index contributed by atoms with van der Waals surface area (Å²) in [6.07, 6.45) is 1.77. The van der Waals surface area contributed by atoms with Gasteiger partial charge in [0.05, 0.1) is 9.38 Å². The summed E-state index contributed by atoms with van der Waals surface area (Å²) in [5.74, 6) is 0.449. The molecule has 1 aliphatic heterocycles. The SMILES string of the molecule is NC1=NC(=O)C(=Cc2ccc(OCc3ccc(I)cc3)c(Br)c2)S1. The van der Waals surface area contributed by atoms with E-state index >= 15 is 0 Å². The predicted molar refractivity (Wildman–Crippen MR) is 110 cm³/mol. The number of carbonyl (C=O) groups is 1. The van der Waals surface area contributed by atoms with Crippen molar-refractivity contribution in [1.82, 2.24) is 0 Å². The second kappa shape index (κ2) is 7.71. The quantitative estimate of drug-likeness (QED) is 0.479. The fraction of sp³-hybridized carbons (Fsp3) is 0.0588. The van der Waals surface area contributed by atoms with Crippen LogP contribution in [0.25, 0.3) is 6.08 Å². The Hall–Kier alpha value is -1.32. The molecule has 0 radical (unpaired) electrons. The molecule has 1 heterocycles. The molecule has 4 nitrogen and oxygen atoms in total. The highest BCUT2D eigenvalue weighted by Gasteiger charge is 2.19. The molecule has 0 saturated carbocycles. The molecule has 7 heteroatoms. The third-order valence-electron chi connectivity index (χ3n) is 3.20. The summed E-state index contributed by atoms with van der Waals surface area (Å²) >= 11 is 6.96. The second-order valence-electron chi connectivity index (χ2n) is 4.97. The Morgan fingerprint density at radius 3 is 2.62 bits per heavy atom. The van der Waals surface area contributed by atoms with Crippen molar-refractivity contribution in [2.45, 2.75) is 6.61 Å². The topological polar surface area (TPSA) is 64.7 Å². The van der Waals surface area contributed by atoms with Crippen LogP contribution in [0.4, 0.5) is 0 Å². The molecule has 0 fully saturated rings. The van der Waals surface area contributed by atoms with Gasteiger partial charge in [-0.3, -0.25) is 4.79 Å². The number of benzene rings is 2. The highest BCUT2D eigenvalue weighted by Crippen LogP contribution is 2.30. The van der Waals surface area contributed by atoms with E-state index < -0.39 is 0 Å². The van der Waals surface area contributed by atoms with Crippen molar-refractivity contribution >= 4 is 67.4 Å². The number of halogens is 2. The van der Waals surface area contributed by atoms with Crippen LogP contribution in [0.5, 0.6) is 5.75 Å². The van der Waals surface area contributed by atoms with E-state index in [1.165, 1.54) is 15.3 Å². The molecule has 3 rings (SSSR count). The number of carbonyl (C=O) groups excluding carboxylic acids is 1. The summed E-state index contributed by atoms with van der Waals surface area (Å²) in [5, 5.41) is 0.280. The highest BCUT2D eigenvalue weighted by molar-refractivity contribution is 14.1. The monoisotopic (exact) mass is 514 g/mol. The zero-order chi connectivity index (χ0) is 17.1. The summed E-state index contributed by atoms with van der Waals surface area (Å²) in [6.45, 7) is 0.495. The number of thioether (sulfide) groups is 1. The number of hydrogen-bond acceptors (Lipinski definition) is 4. The van der Waals surface area contributed by atoms with Gasteiger partial charge in [-0.15, -0.1) is 0 Å². The molecule has 0 aliphatic carbocycles. The van der Waals surface area contributed by atoms with Gasteiger partial charge >= 0.3 is 0 Å². The summed E-state index contributed by atoms with van der Waals surface area (Å²) in [7, 11) is 0. The standard InChI is InChI=1S/C17H12BrIN2O2S/c18-13-7-11(8-15-16(22)21-17(20)24-15)3-6-14(13)23-9-10-1-4-12(19)5-2-10/h1-8H,9H2,(H2,20,21,22). The van der Waals surface area contributed by atoms with Crippen LogP contribution in [0.15, 0.2) is 56.8 Å². The number of ether oxygens (including phenoxy) is 1. The Balaban J connectivity index is 1.70. The van der Waals surface area contributed by atoms with Crippen LogP contribution in [0.1, 0.15) is 11.1 Å². The van der Waals surface area contributed by atoms with E-state index in [-0.39, 0.29) is 11.1 Å². The second-order valence-corrected chi connectivity index (χ2v) is 8.13. The van der Waals surface area contributed by atoms with Crippen LogP contribution in [-0.2, 0) is 11.4 Å². The molecule has 0 spiro atoms. The lowest BCUT2D eigenvalue weighted by Crippen LogP contribution is -2.01. The largest absolute Gasteiger partial charge is 0.488 e. The minimum atomic E-state index is -0.298. The fourth-order valence-corrected chi connectivity index (χ4v) is 3.59. The lowest BCUT2D eigenvalue weighted by molar-refractivity contribution is -0.113. The van der Waals surface area contributed by atoms with E-state index in [4.69, 9.17) is 10.5 Å². The van der Waals surface area contributed by atoms with Crippen LogP contribution in [-0.4, -0.2) is 11.1 Å². The number of hydrogen-bond donors (Lipinski definition) is 1. The van der Waals surface area contributed by atoms with Crippen molar-refractivity contribution in [3.8, 4) is 5.75 Å². The Morgan fingerprint density at radius 2 is 2.00 bits per heavy atom. The van der Waals surface area contributed by atoms with Crippen LogP contribution in [0.3, 0.4) is 0 Å². The average Bonchev–Trinajstić information content (AvgIpc) is 2.86. The Labute approximate surface area is 165 Å². The van der Waals surface area contributed by atoms with E-state index in [1.54, 1.807) is 6.08 Å². The van der Waals surface area contributed by atoms with Gasteiger partial charge in [0.1, 0.15) is 12.4 Å². The lowest BCUT2D eigenvalue weighted by atomic mass is 10.2. The fourth-order valence-electron chi connectivity index (χ4n) is 2.04. The molecule has 2 aromatic rings. The van der Waals surface area contributed by atoms with Crippen molar-refractivity contribution in [3.63, 3.8) is 0 Å². The summed E-state index contributed by atoms with van der Waals surface area (Å²) < 4.78 is 7.86. The molecule has 0 aromatic heterocycles. The van der Waals surface area contributed by atoms with Crippen molar-refractivity contribution in [2.75, 3.05) is 0 Å². The highest BCUT2D eigenvalue weighted by atomic mass is 127. The van der Waals surface area contributed by atoms with E-state index in [0.29, 0.717) is 11.5 Å². The number of aliphatic imine (C=N–C) groups is 1. The van der Waals surface area contributed by atoms with Crippen LogP contribution in [0, 0.1) is 3.57 Å². The molecule has 122 valence electrons. The summed E-state index contributed by atoms with van der Waals surface area (Å²) in [6, 6.07) is 13.9. The molecule has 1 aliphatic rings. The molecule has 0 bridgehead atoms. The van der Waals surface area contributed by atoms with E-state index in [2.05, 4.69) is 43.5 Å². The lowest BCUT2D eigenvalue weighted by Gasteiger charge is -2.09. The van der Waals surface area contributed by atoms with E-state index in [1.807, 2.05) is 42.5 Å². The molecule has 2 N–H and O–H groups in total. The van der Waals surface area contributed by atoms with Gasteiger partial charge in [0.15, 0.2) is 5.17 Å². The van der Waals surface area contributed by atoms with Crippen molar-refractivity contribution in [3.05, 3.63) is 66.5 Å². The Morgan fingerprint density at radius 1 is 1.25 bits per heavy atom. The number of rotatable bonds is 4. The molecule has 0 saturated heterocycles. The molecule has 1 amide bonds. The van der Waals surface area contributed by atoms with E-state index in [9.17, 15) is 4.79 Å². The Bertz CT molecular complexity index is 850. The average molecular weight is 515 g/mol. The zero-order valence-corrected chi connectivity index (χ0v) is 16.9. The van der Waals surface area contributed by atoms with Gasteiger partial charge in [0.2, 0.25) is 0 Å². The molecule has 2 aromatic carbocycles. The van der Waals surface area contributed by atoms with Crippen LogP contribution < -0.4 is 10.5 Å². The van der Waals surface area contributed by atoms with E-state index in [0.717, 1.165) is 21.3 Å². The Kier molecular flexibility index (Phi) is 5.62. The normalized spacial score (nSPS) is 15.7. The van der Waals surface area contributed by atoms with Gasteiger partial charge in [-0.05, 0) is 91.8 Å². The van der Waals surface area contributed by atoms with Gasteiger partial charge < -0.3 is 10.5 Å². The number of nitrogens with two attached hydrogens (primary N) is 1. The molecule has 0 unspecified atom stereocenters. The smallest absolute Gasteiger partial charge is 0.286 e. The van der Waals surface area contributed by atoms with Gasteiger partial charge in [0.25, 0.3) is 5.91 Å².